The third-order valence-electron chi connectivity index (χ3n) is 2.36. The minimum atomic E-state index is -0.636. The van der Waals surface area contributed by atoms with Crippen LogP contribution in [0.2, 0.25) is 0 Å². The predicted molar refractivity (Wildman–Crippen MR) is 51.7 cm³/mol. The molecule has 2 aliphatic rings. The number of carbonyl (C=O) groups is 1. The Hall–Kier alpha value is -0.930. The molecule has 0 amide bonds. The van der Waals surface area contributed by atoms with Crippen LogP contribution in [-0.4, -0.2) is 23.8 Å². The number of hydrogen-bond acceptors (Lipinski definition) is 3. The van der Waals surface area contributed by atoms with Crippen molar-refractivity contribution in [2.24, 2.45) is 0 Å². The van der Waals surface area contributed by atoms with Gasteiger partial charge in [0.25, 0.3) is 0 Å². The molecule has 0 aromatic heterocycles. The average Bonchev–Trinajstić information content (AvgIpc) is 2.50. The zero-order valence-electron chi connectivity index (χ0n) is 8.61. The molecule has 0 N–H and O–H groups in total. The fourth-order valence-corrected chi connectivity index (χ4v) is 1.85. The molecule has 0 unspecified atom stereocenters. The summed E-state index contributed by atoms with van der Waals surface area (Å²) >= 11 is 0. The highest BCUT2D eigenvalue weighted by molar-refractivity contribution is 6.04. The van der Waals surface area contributed by atoms with E-state index in [4.69, 9.17) is 9.47 Å². The van der Waals surface area contributed by atoms with Crippen LogP contribution in [0.25, 0.3) is 0 Å². The number of fused-ring (bicyclic) bond motifs is 1. The molecule has 0 aromatic carbocycles. The summed E-state index contributed by atoms with van der Waals surface area (Å²) in [7, 11) is 0. The van der Waals surface area contributed by atoms with Gasteiger partial charge in [0.1, 0.15) is 6.10 Å². The molecule has 76 valence electrons. The Bertz CT molecular complexity index is 325. The van der Waals surface area contributed by atoms with Gasteiger partial charge >= 0.3 is 0 Å². The first-order valence-electron chi connectivity index (χ1n) is 4.78. The number of rotatable bonds is 1. The Kier molecular flexibility index (Phi) is 2.09. The monoisotopic (exact) mass is 194 g/mol. The lowest BCUT2D eigenvalue weighted by molar-refractivity contribution is -0.152. The molecular formula is C11H14O3. The molecule has 2 atom stereocenters. The molecule has 1 saturated heterocycles. The number of ketones is 1. The Balaban J connectivity index is 2.22. The van der Waals surface area contributed by atoms with Crippen molar-refractivity contribution in [3.8, 4) is 0 Å². The van der Waals surface area contributed by atoms with E-state index < -0.39 is 11.9 Å². The number of carbonyl (C=O) groups excluding carboxylic acids is 1. The lowest BCUT2D eigenvalue weighted by Crippen LogP contribution is -2.26. The summed E-state index contributed by atoms with van der Waals surface area (Å²) in [6.07, 6.45) is 4.83. The van der Waals surface area contributed by atoms with Crippen LogP contribution in [0, 0.1) is 0 Å². The maximum Gasteiger partial charge on any atom is 0.194 e. The Morgan fingerprint density at radius 1 is 1.43 bits per heavy atom. The van der Waals surface area contributed by atoms with E-state index in [0.717, 1.165) is 0 Å². The Morgan fingerprint density at radius 2 is 2.14 bits per heavy atom. The first kappa shape index (κ1) is 9.62. The summed E-state index contributed by atoms with van der Waals surface area (Å²) in [5, 5.41) is 0. The van der Waals surface area contributed by atoms with Crippen LogP contribution in [0.4, 0.5) is 0 Å². The van der Waals surface area contributed by atoms with E-state index >= 15 is 0 Å². The lowest BCUT2D eigenvalue weighted by Gasteiger charge is -2.17. The molecule has 0 radical (unpaired) electrons. The summed E-state index contributed by atoms with van der Waals surface area (Å²) in [6, 6.07) is 0. The van der Waals surface area contributed by atoms with Crippen LogP contribution in [-0.2, 0) is 14.3 Å². The average molecular weight is 194 g/mol. The molecule has 3 nitrogen and oxygen atoms in total. The second-order valence-corrected chi connectivity index (χ2v) is 4.01. The minimum Gasteiger partial charge on any atom is -0.340 e. The zero-order valence-corrected chi connectivity index (χ0v) is 8.61. The van der Waals surface area contributed by atoms with E-state index in [9.17, 15) is 4.79 Å². The fraction of sp³-hybridized carbons (Fsp3) is 0.545. The van der Waals surface area contributed by atoms with Crippen molar-refractivity contribution in [2.45, 2.75) is 38.8 Å². The van der Waals surface area contributed by atoms with Gasteiger partial charge in [-0.05, 0) is 26.8 Å². The van der Waals surface area contributed by atoms with Gasteiger partial charge in [-0.15, -0.1) is 0 Å². The quantitative estimate of drug-likeness (QED) is 0.636. The molecule has 0 saturated carbocycles. The van der Waals surface area contributed by atoms with E-state index in [1.54, 1.807) is 6.08 Å². The summed E-state index contributed by atoms with van der Waals surface area (Å²) in [5.41, 5.74) is 0.693. The van der Waals surface area contributed by atoms with E-state index in [2.05, 4.69) is 0 Å². The smallest absolute Gasteiger partial charge is 0.194 e. The van der Waals surface area contributed by atoms with Gasteiger partial charge in [-0.3, -0.25) is 4.79 Å². The van der Waals surface area contributed by atoms with Crippen molar-refractivity contribution in [1.29, 1.82) is 0 Å². The molecule has 1 aliphatic carbocycles. The molecule has 1 aliphatic heterocycles. The molecule has 0 aromatic rings. The summed E-state index contributed by atoms with van der Waals surface area (Å²) in [5.74, 6) is -0.609. The van der Waals surface area contributed by atoms with Crippen molar-refractivity contribution in [3.63, 3.8) is 0 Å². The number of Topliss-reactive ketones (excluding diaryl/α,β-unsaturated/α-hetero) is 1. The fourth-order valence-electron chi connectivity index (χ4n) is 1.85. The highest BCUT2D eigenvalue weighted by Gasteiger charge is 2.48. The van der Waals surface area contributed by atoms with Crippen LogP contribution >= 0.6 is 0 Å². The normalized spacial score (nSPS) is 35.1. The highest BCUT2D eigenvalue weighted by atomic mass is 16.8. The van der Waals surface area contributed by atoms with E-state index in [1.165, 1.54) is 0 Å². The maximum atomic E-state index is 11.7. The summed E-state index contributed by atoms with van der Waals surface area (Å²) < 4.78 is 11.1. The lowest BCUT2D eigenvalue weighted by atomic mass is 10.2. The van der Waals surface area contributed by atoms with Crippen molar-refractivity contribution in [1.82, 2.24) is 0 Å². The van der Waals surface area contributed by atoms with Gasteiger partial charge in [0, 0.05) is 5.57 Å². The van der Waals surface area contributed by atoms with Gasteiger partial charge in [0.05, 0.1) is 0 Å². The first-order valence-corrected chi connectivity index (χ1v) is 4.78. The first-order chi connectivity index (χ1) is 6.53. The molecule has 0 bridgehead atoms. The Labute approximate surface area is 83.4 Å². The van der Waals surface area contributed by atoms with Crippen LogP contribution in [0.3, 0.4) is 0 Å². The highest BCUT2D eigenvalue weighted by Crippen LogP contribution is 2.35. The second kappa shape index (κ2) is 3.04. The van der Waals surface area contributed by atoms with Gasteiger partial charge in [-0.2, -0.15) is 0 Å². The van der Waals surface area contributed by atoms with E-state index in [1.807, 2.05) is 32.9 Å². The standard InChI is InChI=1S/C11H14O3/c1-4-5-7-6-8-10(9(7)12)14-11(2,3)13-8/h4-6,8,10H,1-3H3/b5-4-/t8-,10-/m0/s1. The van der Waals surface area contributed by atoms with Gasteiger partial charge in [0.2, 0.25) is 0 Å². The number of ether oxygens (including phenoxy) is 2. The maximum absolute atomic E-state index is 11.7. The van der Waals surface area contributed by atoms with E-state index in [-0.39, 0.29) is 11.9 Å². The molecule has 3 heteroatoms. The SMILES string of the molecule is C/C=C\C1=C[C@@H]2OC(C)(C)O[C@@H]2C1=O. The number of allylic oxidation sites excluding steroid dienone is 2. The van der Waals surface area contributed by atoms with Crippen molar-refractivity contribution in [2.75, 3.05) is 0 Å². The minimum absolute atomic E-state index is 0.0266. The summed E-state index contributed by atoms with van der Waals surface area (Å²) in [4.78, 5) is 11.7. The molecule has 1 fully saturated rings. The van der Waals surface area contributed by atoms with Crippen LogP contribution in [0.1, 0.15) is 20.8 Å². The number of hydrogen-bond donors (Lipinski definition) is 0. The molecule has 1 heterocycles. The van der Waals surface area contributed by atoms with Crippen molar-refractivity contribution >= 4 is 5.78 Å². The summed E-state index contributed by atoms with van der Waals surface area (Å²) in [6.45, 7) is 5.53. The zero-order chi connectivity index (χ0) is 10.3. The second-order valence-electron chi connectivity index (χ2n) is 4.01. The molecule has 2 rings (SSSR count). The van der Waals surface area contributed by atoms with Gasteiger partial charge in [0.15, 0.2) is 17.7 Å². The molecule has 14 heavy (non-hydrogen) atoms. The van der Waals surface area contributed by atoms with Crippen molar-refractivity contribution < 1.29 is 14.3 Å². The largest absolute Gasteiger partial charge is 0.340 e. The van der Waals surface area contributed by atoms with Crippen LogP contribution in [0.5, 0.6) is 0 Å². The van der Waals surface area contributed by atoms with Crippen molar-refractivity contribution in [3.05, 3.63) is 23.8 Å². The third kappa shape index (κ3) is 1.42. The van der Waals surface area contributed by atoms with Gasteiger partial charge in [-0.1, -0.05) is 12.2 Å². The predicted octanol–water partition coefficient (Wildman–Crippen LogP) is 1.59. The topological polar surface area (TPSA) is 35.5 Å². The molecule has 0 spiro atoms. The van der Waals surface area contributed by atoms with Crippen LogP contribution < -0.4 is 0 Å². The van der Waals surface area contributed by atoms with Gasteiger partial charge < -0.3 is 9.47 Å². The van der Waals surface area contributed by atoms with Crippen LogP contribution in [0.15, 0.2) is 23.8 Å². The molecular weight excluding hydrogens is 180 g/mol. The Morgan fingerprint density at radius 3 is 2.71 bits per heavy atom. The van der Waals surface area contributed by atoms with E-state index in [0.29, 0.717) is 5.57 Å². The third-order valence-corrected chi connectivity index (χ3v) is 2.36. The van der Waals surface area contributed by atoms with Gasteiger partial charge in [-0.25, -0.2) is 0 Å².